The van der Waals surface area contributed by atoms with E-state index in [4.69, 9.17) is 0 Å². The molecule has 1 aromatic heterocycles. The fourth-order valence-electron chi connectivity index (χ4n) is 2.86. The number of hydrogen-bond donors (Lipinski definition) is 1. The summed E-state index contributed by atoms with van der Waals surface area (Å²) in [6.07, 6.45) is 2.75. The van der Waals surface area contributed by atoms with Crippen LogP contribution in [0.15, 0.2) is 36.4 Å². The van der Waals surface area contributed by atoms with E-state index in [1.165, 1.54) is 29.8 Å². The van der Waals surface area contributed by atoms with Gasteiger partial charge in [-0.05, 0) is 30.0 Å². The average molecular weight is 241 g/mol. The molecule has 0 saturated heterocycles. The van der Waals surface area contributed by atoms with Crippen LogP contribution in [0, 0.1) is 0 Å². The molecule has 0 amide bonds. The van der Waals surface area contributed by atoms with Gasteiger partial charge < -0.3 is 5.32 Å². The van der Waals surface area contributed by atoms with Crippen LogP contribution in [-0.4, -0.2) is 6.54 Å². The van der Waals surface area contributed by atoms with E-state index in [-0.39, 0.29) is 0 Å². The van der Waals surface area contributed by atoms with E-state index in [0.717, 1.165) is 6.54 Å². The zero-order valence-electron chi connectivity index (χ0n) is 9.70. The number of fused-ring (bicyclic) bond motifs is 2. The summed E-state index contributed by atoms with van der Waals surface area (Å²) >= 11 is 1.97. The molecular formula is C15H15NS. The Morgan fingerprint density at radius 1 is 1.12 bits per heavy atom. The van der Waals surface area contributed by atoms with Gasteiger partial charge in [0.25, 0.3) is 0 Å². The second-order valence-corrected chi connectivity index (χ2v) is 6.33. The average Bonchev–Trinajstić information content (AvgIpc) is 3.00. The lowest BCUT2D eigenvalue weighted by atomic mass is 9.93. The van der Waals surface area contributed by atoms with Crippen molar-refractivity contribution in [2.75, 3.05) is 6.54 Å². The van der Waals surface area contributed by atoms with E-state index in [9.17, 15) is 0 Å². The summed E-state index contributed by atoms with van der Waals surface area (Å²) < 4.78 is 0. The lowest BCUT2D eigenvalue weighted by Gasteiger charge is -2.22. The summed E-state index contributed by atoms with van der Waals surface area (Å²) in [5.74, 6) is 0. The van der Waals surface area contributed by atoms with E-state index in [0.29, 0.717) is 5.41 Å². The lowest BCUT2D eigenvalue weighted by Crippen LogP contribution is -2.31. The Morgan fingerprint density at radius 2 is 1.94 bits per heavy atom. The normalized spacial score (nSPS) is 20.2. The van der Waals surface area contributed by atoms with Crippen LogP contribution < -0.4 is 5.32 Å². The Balaban J connectivity index is 1.83. The molecule has 2 heteroatoms. The third-order valence-corrected chi connectivity index (χ3v) is 5.23. The van der Waals surface area contributed by atoms with Gasteiger partial charge in [0.15, 0.2) is 0 Å². The SMILES string of the molecule is c1ccc(-c2cc3c(s2)CNCC32CC2)cc1. The van der Waals surface area contributed by atoms with Crippen molar-refractivity contribution >= 4 is 11.3 Å². The molecule has 4 rings (SSSR count). The summed E-state index contributed by atoms with van der Waals surface area (Å²) in [5, 5.41) is 3.57. The number of benzene rings is 1. The monoisotopic (exact) mass is 241 g/mol. The highest BCUT2D eigenvalue weighted by Gasteiger charge is 2.47. The van der Waals surface area contributed by atoms with E-state index >= 15 is 0 Å². The highest BCUT2D eigenvalue weighted by molar-refractivity contribution is 7.15. The van der Waals surface area contributed by atoms with Gasteiger partial charge in [-0.2, -0.15) is 0 Å². The molecule has 0 bridgehead atoms. The van der Waals surface area contributed by atoms with Crippen LogP contribution in [0.4, 0.5) is 0 Å². The predicted molar refractivity (Wildman–Crippen MR) is 72.4 cm³/mol. The zero-order chi connectivity index (χ0) is 11.3. The maximum atomic E-state index is 3.57. The van der Waals surface area contributed by atoms with E-state index < -0.39 is 0 Å². The van der Waals surface area contributed by atoms with Crippen molar-refractivity contribution in [3.05, 3.63) is 46.8 Å². The third kappa shape index (κ3) is 1.48. The molecule has 1 saturated carbocycles. The van der Waals surface area contributed by atoms with Crippen LogP contribution in [0.2, 0.25) is 0 Å². The summed E-state index contributed by atoms with van der Waals surface area (Å²) in [6.45, 7) is 2.25. The Bertz CT molecular complexity index is 552. The fraction of sp³-hybridized carbons (Fsp3) is 0.333. The molecular weight excluding hydrogens is 226 g/mol. The summed E-state index contributed by atoms with van der Waals surface area (Å²) in [7, 11) is 0. The molecule has 1 aliphatic heterocycles. The van der Waals surface area contributed by atoms with E-state index in [1.54, 1.807) is 10.4 Å². The van der Waals surface area contributed by atoms with Crippen LogP contribution >= 0.6 is 11.3 Å². The molecule has 2 aromatic rings. The van der Waals surface area contributed by atoms with Crippen molar-refractivity contribution in [2.24, 2.45) is 0 Å². The minimum atomic E-state index is 0.511. The van der Waals surface area contributed by atoms with Crippen LogP contribution in [0.5, 0.6) is 0 Å². The summed E-state index contributed by atoms with van der Waals surface area (Å²) in [5.41, 5.74) is 3.51. The molecule has 1 nitrogen and oxygen atoms in total. The minimum absolute atomic E-state index is 0.511. The van der Waals surface area contributed by atoms with Crippen LogP contribution in [0.3, 0.4) is 0 Å². The van der Waals surface area contributed by atoms with Crippen molar-refractivity contribution in [3.8, 4) is 10.4 Å². The molecule has 1 aliphatic carbocycles. The minimum Gasteiger partial charge on any atom is -0.311 e. The third-order valence-electron chi connectivity index (χ3n) is 4.04. The van der Waals surface area contributed by atoms with Crippen molar-refractivity contribution in [2.45, 2.75) is 24.8 Å². The summed E-state index contributed by atoms with van der Waals surface area (Å²) in [6, 6.07) is 13.2. The van der Waals surface area contributed by atoms with Crippen molar-refractivity contribution in [1.82, 2.24) is 5.32 Å². The molecule has 1 N–H and O–H groups in total. The maximum absolute atomic E-state index is 3.57. The first-order valence-electron chi connectivity index (χ1n) is 6.27. The topological polar surface area (TPSA) is 12.0 Å². The second-order valence-electron chi connectivity index (χ2n) is 5.20. The van der Waals surface area contributed by atoms with Crippen molar-refractivity contribution in [1.29, 1.82) is 0 Å². The van der Waals surface area contributed by atoms with Crippen molar-refractivity contribution < 1.29 is 0 Å². The van der Waals surface area contributed by atoms with Gasteiger partial charge in [-0.25, -0.2) is 0 Å². The Hall–Kier alpha value is -1.12. The molecule has 0 atom stereocenters. The Kier molecular flexibility index (Phi) is 1.99. The predicted octanol–water partition coefficient (Wildman–Crippen LogP) is 3.55. The molecule has 0 unspecified atom stereocenters. The van der Waals surface area contributed by atoms with Gasteiger partial charge in [0.05, 0.1) is 0 Å². The number of nitrogens with one attached hydrogen (secondary N) is 1. The van der Waals surface area contributed by atoms with Gasteiger partial charge in [0.2, 0.25) is 0 Å². The molecule has 17 heavy (non-hydrogen) atoms. The van der Waals surface area contributed by atoms with Gasteiger partial charge in [0, 0.05) is 28.3 Å². The first-order valence-corrected chi connectivity index (χ1v) is 7.08. The first-order chi connectivity index (χ1) is 8.37. The largest absolute Gasteiger partial charge is 0.311 e. The molecule has 1 aromatic carbocycles. The number of hydrogen-bond acceptors (Lipinski definition) is 2. The van der Waals surface area contributed by atoms with Crippen LogP contribution in [0.25, 0.3) is 10.4 Å². The number of thiophene rings is 1. The first kappa shape index (κ1) is 9.86. The highest BCUT2D eigenvalue weighted by Crippen LogP contribution is 2.53. The van der Waals surface area contributed by atoms with Crippen LogP contribution in [-0.2, 0) is 12.0 Å². The molecule has 1 fully saturated rings. The maximum Gasteiger partial charge on any atom is 0.0349 e. The van der Waals surface area contributed by atoms with Gasteiger partial charge in [-0.1, -0.05) is 30.3 Å². The molecule has 0 radical (unpaired) electrons. The quantitative estimate of drug-likeness (QED) is 0.805. The lowest BCUT2D eigenvalue weighted by molar-refractivity contribution is 0.539. The number of rotatable bonds is 1. The Labute approximate surface area is 105 Å². The van der Waals surface area contributed by atoms with Crippen molar-refractivity contribution in [3.63, 3.8) is 0 Å². The highest BCUT2D eigenvalue weighted by atomic mass is 32.1. The second kappa shape index (κ2) is 3.44. The van der Waals surface area contributed by atoms with E-state index in [2.05, 4.69) is 41.7 Å². The van der Waals surface area contributed by atoms with Gasteiger partial charge in [-0.3, -0.25) is 0 Å². The molecule has 2 heterocycles. The molecule has 1 spiro atoms. The van der Waals surface area contributed by atoms with Crippen LogP contribution in [0.1, 0.15) is 23.3 Å². The van der Waals surface area contributed by atoms with E-state index in [1.807, 2.05) is 11.3 Å². The van der Waals surface area contributed by atoms with Gasteiger partial charge in [-0.15, -0.1) is 11.3 Å². The smallest absolute Gasteiger partial charge is 0.0349 e. The van der Waals surface area contributed by atoms with Gasteiger partial charge >= 0.3 is 0 Å². The zero-order valence-corrected chi connectivity index (χ0v) is 10.5. The molecule has 2 aliphatic rings. The molecule has 86 valence electrons. The Morgan fingerprint density at radius 3 is 2.71 bits per heavy atom. The van der Waals surface area contributed by atoms with Gasteiger partial charge in [0.1, 0.15) is 0 Å². The summed E-state index contributed by atoms with van der Waals surface area (Å²) in [4.78, 5) is 3.00. The standard InChI is InChI=1S/C15H15NS/c1-2-4-11(5-3-1)13-8-12-14(17-13)9-16-10-15(12)6-7-15/h1-5,8,16H,6-7,9-10H2. The fourth-order valence-corrected chi connectivity index (χ4v) is 4.12.